The van der Waals surface area contributed by atoms with Crippen LogP contribution in [-0.4, -0.2) is 15.7 Å². The van der Waals surface area contributed by atoms with E-state index in [4.69, 9.17) is 4.74 Å². The molecular formula is C19H19N3O2. The van der Waals surface area contributed by atoms with Crippen molar-refractivity contribution in [2.45, 2.75) is 13.8 Å². The number of nitrogens with one attached hydrogen (secondary N) is 1. The van der Waals surface area contributed by atoms with Gasteiger partial charge in [-0.15, -0.1) is 0 Å². The molecule has 0 aliphatic rings. The molecule has 0 aliphatic carbocycles. The monoisotopic (exact) mass is 321 g/mol. The minimum atomic E-state index is -0.231. The van der Waals surface area contributed by atoms with Crippen LogP contribution in [0.3, 0.4) is 0 Å². The van der Waals surface area contributed by atoms with Gasteiger partial charge in [-0.1, -0.05) is 17.7 Å². The van der Waals surface area contributed by atoms with Crippen molar-refractivity contribution >= 4 is 11.6 Å². The van der Waals surface area contributed by atoms with Crippen molar-refractivity contribution in [2.75, 3.05) is 5.32 Å². The molecule has 1 amide bonds. The third kappa shape index (κ3) is 3.63. The molecule has 3 aromatic rings. The summed E-state index contributed by atoms with van der Waals surface area (Å²) in [5.41, 5.74) is 3.21. The van der Waals surface area contributed by atoms with E-state index in [-0.39, 0.29) is 5.91 Å². The lowest BCUT2D eigenvalue weighted by molar-refractivity contribution is 0.102. The van der Waals surface area contributed by atoms with Crippen LogP contribution in [0, 0.1) is 13.8 Å². The standard InChI is InChI=1S/C19H19N3O2/c1-13-4-8-16(9-5-13)24-17-10-6-15(7-11-17)20-19(23)18-12-14(2)22(3)21-18/h4-12H,1-3H3,(H,20,23). The van der Waals surface area contributed by atoms with E-state index in [0.29, 0.717) is 17.1 Å². The highest BCUT2D eigenvalue weighted by molar-refractivity contribution is 6.02. The Labute approximate surface area is 140 Å². The van der Waals surface area contributed by atoms with E-state index < -0.39 is 0 Å². The van der Waals surface area contributed by atoms with E-state index in [0.717, 1.165) is 11.4 Å². The van der Waals surface area contributed by atoms with Crippen LogP contribution < -0.4 is 10.1 Å². The molecule has 0 saturated heterocycles. The molecule has 3 rings (SSSR count). The van der Waals surface area contributed by atoms with Gasteiger partial charge < -0.3 is 10.1 Å². The van der Waals surface area contributed by atoms with Gasteiger partial charge in [-0.3, -0.25) is 9.48 Å². The van der Waals surface area contributed by atoms with E-state index in [1.807, 2.05) is 57.3 Å². The van der Waals surface area contributed by atoms with E-state index in [2.05, 4.69) is 10.4 Å². The molecule has 5 heteroatoms. The zero-order valence-corrected chi connectivity index (χ0v) is 13.9. The van der Waals surface area contributed by atoms with Crippen molar-refractivity contribution in [2.24, 2.45) is 7.05 Å². The van der Waals surface area contributed by atoms with Gasteiger partial charge in [0.1, 0.15) is 11.5 Å². The number of rotatable bonds is 4. The molecule has 0 aliphatic heterocycles. The maximum Gasteiger partial charge on any atom is 0.276 e. The van der Waals surface area contributed by atoms with Crippen LogP contribution in [0.2, 0.25) is 0 Å². The maximum atomic E-state index is 12.2. The topological polar surface area (TPSA) is 56.1 Å². The van der Waals surface area contributed by atoms with Crippen LogP contribution in [-0.2, 0) is 7.05 Å². The number of anilines is 1. The summed E-state index contributed by atoms with van der Waals surface area (Å²) in [6, 6.07) is 16.8. The molecule has 24 heavy (non-hydrogen) atoms. The molecular weight excluding hydrogens is 302 g/mol. The van der Waals surface area contributed by atoms with E-state index in [9.17, 15) is 4.79 Å². The molecule has 2 aromatic carbocycles. The van der Waals surface area contributed by atoms with Crippen molar-refractivity contribution in [3.8, 4) is 11.5 Å². The SMILES string of the molecule is Cc1ccc(Oc2ccc(NC(=O)c3cc(C)n(C)n3)cc2)cc1. The van der Waals surface area contributed by atoms with Crippen LogP contribution in [0.15, 0.2) is 54.6 Å². The number of benzene rings is 2. The molecule has 0 fully saturated rings. The number of hydrogen-bond donors (Lipinski definition) is 1. The highest BCUT2D eigenvalue weighted by Crippen LogP contribution is 2.23. The van der Waals surface area contributed by atoms with Crippen LogP contribution in [0.1, 0.15) is 21.7 Å². The molecule has 0 unspecified atom stereocenters. The van der Waals surface area contributed by atoms with Crippen LogP contribution in [0.25, 0.3) is 0 Å². The van der Waals surface area contributed by atoms with Gasteiger partial charge in [0, 0.05) is 18.4 Å². The quantitative estimate of drug-likeness (QED) is 0.787. The lowest BCUT2D eigenvalue weighted by atomic mass is 10.2. The zero-order valence-electron chi connectivity index (χ0n) is 13.9. The lowest BCUT2D eigenvalue weighted by Gasteiger charge is -2.07. The Bertz CT molecular complexity index is 830. The summed E-state index contributed by atoms with van der Waals surface area (Å²) in [5.74, 6) is 1.26. The highest BCUT2D eigenvalue weighted by atomic mass is 16.5. The fourth-order valence-corrected chi connectivity index (χ4v) is 2.22. The molecule has 0 spiro atoms. The predicted molar refractivity (Wildman–Crippen MR) is 93.6 cm³/mol. The van der Waals surface area contributed by atoms with Gasteiger partial charge in [-0.05, 0) is 56.3 Å². The third-order valence-electron chi connectivity index (χ3n) is 3.72. The van der Waals surface area contributed by atoms with Gasteiger partial charge in [-0.2, -0.15) is 5.10 Å². The third-order valence-corrected chi connectivity index (χ3v) is 3.72. The second-order valence-corrected chi connectivity index (χ2v) is 5.69. The highest BCUT2D eigenvalue weighted by Gasteiger charge is 2.11. The number of aromatic nitrogens is 2. The first-order valence-electron chi connectivity index (χ1n) is 7.68. The second kappa shape index (κ2) is 6.58. The first-order valence-corrected chi connectivity index (χ1v) is 7.68. The number of nitrogens with zero attached hydrogens (tertiary/aromatic N) is 2. The molecule has 1 heterocycles. The number of aryl methyl sites for hydroxylation is 3. The Morgan fingerprint density at radius 3 is 2.12 bits per heavy atom. The van der Waals surface area contributed by atoms with Gasteiger partial charge in [0.25, 0.3) is 5.91 Å². The number of amides is 1. The predicted octanol–water partition coefficient (Wildman–Crippen LogP) is 4.08. The van der Waals surface area contributed by atoms with Gasteiger partial charge in [-0.25, -0.2) is 0 Å². The summed E-state index contributed by atoms with van der Waals surface area (Å²) in [6.07, 6.45) is 0. The van der Waals surface area contributed by atoms with E-state index in [1.165, 1.54) is 5.56 Å². The molecule has 0 saturated carbocycles. The summed E-state index contributed by atoms with van der Waals surface area (Å²) >= 11 is 0. The smallest absolute Gasteiger partial charge is 0.276 e. The largest absolute Gasteiger partial charge is 0.457 e. The normalized spacial score (nSPS) is 10.5. The first-order chi connectivity index (χ1) is 11.5. The van der Waals surface area contributed by atoms with Crippen molar-refractivity contribution in [3.05, 3.63) is 71.5 Å². The van der Waals surface area contributed by atoms with E-state index >= 15 is 0 Å². The molecule has 0 atom stereocenters. The van der Waals surface area contributed by atoms with Crippen LogP contribution >= 0.6 is 0 Å². The fourth-order valence-electron chi connectivity index (χ4n) is 2.22. The summed E-state index contributed by atoms with van der Waals surface area (Å²) in [4.78, 5) is 12.2. The first kappa shape index (κ1) is 15.8. The molecule has 1 aromatic heterocycles. The van der Waals surface area contributed by atoms with E-state index in [1.54, 1.807) is 22.9 Å². The Morgan fingerprint density at radius 2 is 1.58 bits per heavy atom. The Hall–Kier alpha value is -3.08. The van der Waals surface area contributed by atoms with Gasteiger partial charge >= 0.3 is 0 Å². The number of carbonyl (C=O) groups is 1. The summed E-state index contributed by atoms with van der Waals surface area (Å²) in [7, 11) is 1.81. The van der Waals surface area contributed by atoms with Crippen molar-refractivity contribution < 1.29 is 9.53 Å². The number of carbonyl (C=O) groups excluding carboxylic acids is 1. The average molecular weight is 321 g/mol. The number of hydrogen-bond acceptors (Lipinski definition) is 3. The summed E-state index contributed by atoms with van der Waals surface area (Å²) < 4.78 is 7.44. The van der Waals surface area contributed by atoms with Crippen molar-refractivity contribution in [1.82, 2.24) is 9.78 Å². The summed E-state index contributed by atoms with van der Waals surface area (Å²) in [6.45, 7) is 3.94. The Kier molecular flexibility index (Phi) is 4.33. The summed E-state index contributed by atoms with van der Waals surface area (Å²) in [5, 5.41) is 6.99. The maximum absolute atomic E-state index is 12.2. The van der Waals surface area contributed by atoms with Gasteiger partial charge in [0.05, 0.1) is 0 Å². The molecule has 0 bridgehead atoms. The van der Waals surface area contributed by atoms with Crippen molar-refractivity contribution in [3.63, 3.8) is 0 Å². The lowest BCUT2D eigenvalue weighted by Crippen LogP contribution is -2.12. The van der Waals surface area contributed by atoms with Gasteiger partial charge in [0.2, 0.25) is 0 Å². The Balaban J connectivity index is 1.65. The average Bonchev–Trinajstić information content (AvgIpc) is 2.91. The number of ether oxygens (including phenoxy) is 1. The van der Waals surface area contributed by atoms with Gasteiger partial charge in [0.15, 0.2) is 5.69 Å². The minimum Gasteiger partial charge on any atom is -0.457 e. The molecule has 0 radical (unpaired) electrons. The van der Waals surface area contributed by atoms with Crippen molar-refractivity contribution in [1.29, 1.82) is 0 Å². The molecule has 5 nitrogen and oxygen atoms in total. The molecule has 1 N–H and O–H groups in total. The second-order valence-electron chi connectivity index (χ2n) is 5.69. The fraction of sp³-hybridized carbons (Fsp3) is 0.158. The minimum absolute atomic E-state index is 0.231. The van der Waals surface area contributed by atoms with Crippen LogP contribution in [0.5, 0.6) is 11.5 Å². The Morgan fingerprint density at radius 1 is 1.00 bits per heavy atom. The zero-order chi connectivity index (χ0) is 17.1. The molecule has 122 valence electrons. The van der Waals surface area contributed by atoms with Crippen LogP contribution in [0.4, 0.5) is 5.69 Å².